The molecule has 4 nitrogen and oxygen atoms in total. The number of fused-ring (bicyclic) bond motifs is 3. The molecule has 1 aliphatic heterocycles. The number of amides is 1. The minimum absolute atomic E-state index is 0.124. The Morgan fingerprint density at radius 3 is 2.31 bits per heavy atom. The molecule has 0 aromatic heterocycles. The molecule has 1 saturated heterocycles. The van der Waals surface area contributed by atoms with E-state index in [2.05, 4.69) is 59.2 Å². The van der Waals surface area contributed by atoms with Crippen LogP contribution in [0.25, 0.3) is 11.1 Å². The Hall–Kier alpha value is -2.33. The van der Waals surface area contributed by atoms with E-state index in [0.717, 1.165) is 25.9 Å². The summed E-state index contributed by atoms with van der Waals surface area (Å²) in [5, 5.41) is 6.44. The molecule has 1 atom stereocenters. The molecule has 2 aromatic carbocycles. The monoisotopic (exact) mass is 348 g/mol. The lowest BCUT2D eigenvalue weighted by Gasteiger charge is -2.39. The third kappa shape index (κ3) is 2.60. The third-order valence-electron chi connectivity index (χ3n) is 6.37. The summed E-state index contributed by atoms with van der Waals surface area (Å²) >= 11 is 0. The van der Waals surface area contributed by atoms with Crippen molar-refractivity contribution in [1.82, 2.24) is 10.6 Å². The van der Waals surface area contributed by atoms with Crippen LogP contribution >= 0.6 is 0 Å². The first-order valence-electron chi connectivity index (χ1n) is 9.56. The number of alkyl carbamates (subject to hydrolysis) is 1. The van der Waals surface area contributed by atoms with Gasteiger partial charge in [-0.1, -0.05) is 48.5 Å². The molecule has 2 aliphatic carbocycles. The van der Waals surface area contributed by atoms with Gasteiger partial charge in [0, 0.05) is 25.0 Å². The Bertz CT molecular complexity index is 798. The minimum atomic E-state index is -0.277. The third-order valence-corrected chi connectivity index (χ3v) is 6.37. The lowest BCUT2D eigenvalue weighted by molar-refractivity contribution is 0.135. The molecule has 3 aliphatic rings. The lowest BCUT2D eigenvalue weighted by atomic mass is 9.80. The summed E-state index contributed by atoms with van der Waals surface area (Å²) in [4.78, 5) is 12.3. The van der Waals surface area contributed by atoms with E-state index in [1.807, 2.05) is 0 Å². The van der Waals surface area contributed by atoms with E-state index in [1.54, 1.807) is 0 Å². The number of carbonyl (C=O) groups excluding carboxylic acids is 1. The molecule has 1 saturated carbocycles. The van der Waals surface area contributed by atoms with E-state index in [0.29, 0.717) is 12.0 Å². The van der Waals surface area contributed by atoms with Gasteiger partial charge in [0.2, 0.25) is 0 Å². The second-order valence-electron chi connectivity index (χ2n) is 8.01. The Labute approximate surface area is 153 Å². The second-order valence-corrected chi connectivity index (χ2v) is 8.01. The van der Waals surface area contributed by atoms with Gasteiger partial charge in [-0.05, 0) is 46.9 Å². The number of ether oxygens (including phenoxy) is 1. The fraction of sp³-hybridized carbons (Fsp3) is 0.409. The van der Waals surface area contributed by atoms with E-state index in [-0.39, 0.29) is 18.1 Å². The van der Waals surface area contributed by atoms with E-state index in [1.165, 1.54) is 28.7 Å². The maximum Gasteiger partial charge on any atom is 0.407 e. The number of rotatable bonds is 3. The topological polar surface area (TPSA) is 50.4 Å². The average Bonchev–Trinajstić information content (AvgIpc) is 3.20. The fourth-order valence-corrected chi connectivity index (χ4v) is 4.94. The molecule has 2 aromatic rings. The van der Waals surface area contributed by atoms with Crippen molar-refractivity contribution in [1.29, 1.82) is 0 Å². The van der Waals surface area contributed by atoms with Crippen molar-refractivity contribution in [2.45, 2.75) is 31.2 Å². The average molecular weight is 348 g/mol. The van der Waals surface area contributed by atoms with Crippen LogP contribution in [0.15, 0.2) is 48.5 Å². The van der Waals surface area contributed by atoms with Gasteiger partial charge >= 0.3 is 6.09 Å². The number of carbonyl (C=O) groups is 1. The van der Waals surface area contributed by atoms with E-state index < -0.39 is 0 Å². The van der Waals surface area contributed by atoms with Crippen LogP contribution in [0, 0.1) is 5.41 Å². The highest BCUT2D eigenvalue weighted by molar-refractivity contribution is 5.79. The van der Waals surface area contributed by atoms with Crippen LogP contribution in [0.4, 0.5) is 4.79 Å². The Balaban J connectivity index is 1.25. The predicted molar refractivity (Wildman–Crippen MR) is 101 cm³/mol. The van der Waals surface area contributed by atoms with Crippen molar-refractivity contribution in [3.8, 4) is 11.1 Å². The summed E-state index contributed by atoms with van der Waals surface area (Å²) in [6, 6.07) is 17.1. The first-order chi connectivity index (χ1) is 12.7. The summed E-state index contributed by atoms with van der Waals surface area (Å²) < 4.78 is 5.66. The highest BCUT2D eigenvalue weighted by Crippen LogP contribution is 2.44. The van der Waals surface area contributed by atoms with Gasteiger partial charge in [0.1, 0.15) is 6.61 Å². The van der Waals surface area contributed by atoms with Gasteiger partial charge in [0.05, 0.1) is 0 Å². The van der Waals surface area contributed by atoms with Crippen molar-refractivity contribution < 1.29 is 9.53 Å². The Morgan fingerprint density at radius 1 is 1.08 bits per heavy atom. The zero-order chi connectivity index (χ0) is 17.6. The molecule has 2 N–H and O–H groups in total. The van der Waals surface area contributed by atoms with Gasteiger partial charge in [0.25, 0.3) is 0 Å². The van der Waals surface area contributed by atoms with Gasteiger partial charge in [0.15, 0.2) is 0 Å². The van der Waals surface area contributed by atoms with Gasteiger partial charge in [-0.25, -0.2) is 4.79 Å². The normalized spacial score (nSPS) is 22.5. The van der Waals surface area contributed by atoms with Crippen LogP contribution in [0.5, 0.6) is 0 Å². The Morgan fingerprint density at radius 2 is 1.73 bits per heavy atom. The van der Waals surface area contributed by atoms with Crippen molar-refractivity contribution in [3.05, 3.63) is 59.7 Å². The van der Waals surface area contributed by atoms with Gasteiger partial charge in [-0.3, -0.25) is 0 Å². The molecule has 134 valence electrons. The van der Waals surface area contributed by atoms with E-state index >= 15 is 0 Å². The first-order valence-corrected chi connectivity index (χ1v) is 9.56. The first kappa shape index (κ1) is 15.9. The highest BCUT2D eigenvalue weighted by atomic mass is 16.5. The van der Waals surface area contributed by atoms with E-state index in [4.69, 9.17) is 4.74 Å². The van der Waals surface area contributed by atoms with Crippen LogP contribution in [-0.4, -0.2) is 31.8 Å². The molecule has 4 heteroatoms. The molecule has 1 heterocycles. The van der Waals surface area contributed by atoms with Gasteiger partial charge < -0.3 is 15.4 Å². The van der Waals surface area contributed by atoms with Crippen molar-refractivity contribution in [2.75, 3.05) is 19.7 Å². The maximum atomic E-state index is 12.3. The molecule has 1 amide bonds. The van der Waals surface area contributed by atoms with Crippen molar-refractivity contribution in [3.63, 3.8) is 0 Å². The molecule has 0 bridgehead atoms. The molecular weight excluding hydrogens is 324 g/mol. The summed E-state index contributed by atoms with van der Waals surface area (Å²) in [6.45, 7) is 2.57. The number of hydrogen-bond donors (Lipinski definition) is 2. The predicted octanol–water partition coefficient (Wildman–Crippen LogP) is 3.67. The van der Waals surface area contributed by atoms with Crippen molar-refractivity contribution in [2.24, 2.45) is 5.41 Å². The Kier molecular flexibility index (Phi) is 3.75. The van der Waals surface area contributed by atoms with Gasteiger partial charge in [-0.2, -0.15) is 0 Å². The molecule has 0 radical (unpaired) electrons. The van der Waals surface area contributed by atoms with Crippen LogP contribution in [0.3, 0.4) is 0 Å². The fourth-order valence-electron chi connectivity index (χ4n) is 4.94. The summed E-state index contributed by atoms with van der Waals surface area (Å²) in [6.07, 6.45) is 3.06. The van der Waals surface area contributed by atoms with Crippen molar-refractivity contribution >= 4 is 6.09 Å². The van der Waals surface area contributed by atoms with E-state index in [9.17, 15) is 4.79 Å². The molecular formula is C22H24N2O2. The summed E-state index contributed by atoms with van der Waals surface area (Å²) in [5.74, 6) is 0.124. The lowest BCUT2D eigenvalue weighted by Crippen LogP contribution is -2.52. The number of nitrogens with one attached hydrogen (secondary N) is 2. The quantitative estimate of drug-likeness (QED) is 0.890. The SMILES string of the molecule is O=C(NC1CCC2(CNC2)C1)OCC1c2ccccc2-c2ccccc21. The summed E-state index contributed by atoms with van der Waals surface area (Å²) in [7, 11) is 0. The van der Waals surface area contributed by atoms with Crippen LogP contribution in [0.1, 0.15) is 36.3 Å². The number of benzene rings is 2. The van der Waals surface area contributed by atoms with Crippen LogP contribution < -0.4 is 10.6 Å². The minimum Gasteiger partial charge on any atom is -0.449 e. The zero-order valence-corrected chi connectivity index (χ0v) is 14.8. The smallest absolute Gasteiger partial charge is 0.407 e. The summed E-state index contributed by atoms with van der Waals surface area (Å²) in [5.41, 5.74) is 5.45. The van der Waals surface area contributed by atoms with Crippen LogP contribution in [-0.2, 0) is 4.74 Å². The number of hydrogen-bond acceptors (Lipinski definition) is 3. The highest BCUT2D eigenvalue weighted by Gasteiger charge is 2.44. The van der Waals surface area contributed by atoms with Gasteiger partial charge in [-0.15, -0.1) is 0 Å². The van der Waals surface area contributed by atoms with Crippen LogP contribution in [0.2, 0.25) is 0 Å². The molecule has 26 heavy (non-hydrogen) atoms. The molecule has 1 spiro atoms. The largest absolute Gasteiger partial charge is 0.449 e. The molecule has 2 fully saturated rings. The molecule has 1 unspecified atom stereocenters. The molecule has 5 rings (SSSR count). The standard InChI is InChI=1S/C22H24N2O2/c25-21(24-15-9-10-22(11-15)13-23-14-22)26-12-20-18-7-3-1-5-16(18)17-6-2-4-8-19(17)20/h1-8,15,20,23H,9-14H2,(H,24,25). The maximum absolute atomic E-state index is 12.3. The second kappa shape index (κ2) is 6.13. The zero-order valence-electron chi connectivity index (χ0n) is 14.8.